The molecule has 9 heteroatoms. The molecule has 1 aromatic rings. The number of alkyl halides is 3. The summed E-state index contributed by atoms with van der Waals surface area (Å²) in [5.74, 6) is -2.76. The molecule has 18 heavy (non-hydrogen) atoms. The number of methoxy groups -OCH3 is 1. The molecule has 0 fully saturated rings. The largest absolute Gasteiger partial charge is 0.490 e. The molecule has 0 amide bonds. The monoisotopic (exact) mass is 267 g/mol. The Hall–Kier alpha value is -1.90. The fourth-order valence-electron chi connectivity index (χ4n) is 0.762. The van der Waals surface area contributed by atoms with Crippen LogP contribution >= 0.6 is 0 Å². The minimum absolute atomic E-state index is 0.399. The third-order valence-electron chi connectivity index (χ3n) is 1.52. The Morgan fingerprint density at radius 1 is 1.56 bits per heavy atom. The van der Waals surface area contributed by atoms with Crippen molar-refractivity contribution in [2.75, 3.05) is 13.7 Å². The summed E-state index contributed by atoms with van der Waals surface area (Å²) in [7, 11) is 1.54. The summed E-state index contributed by atoms with van der Waals surface area (Å²) in [4.78, 5) is 16.8. The van der Waals surface area contributed by atoms with Crippen molar-refractivity contribution in [3.63, 3.8) is 0 Å². The molecule has 102 valence electrons. The molecule has 0 saturated heterocycles. The normalized spacial score (nSPS) is 10.3. The van der Waals surface area contributed by atoms with Crippen LogP contribution in [0.25, 0.3) is 0 Å². The van der Waals surface area contributed by atoms with Gasteiger partial charge in [0.25, 0.3) is 0 Å². The molecular formula is C9H12F3N3O3. The van der Waals surface area contributed by atoms with E-state index in [0.29, 0.717) is 12.6 Å². The summed E-state index contributed by atoms with van der Waals surface area (Å²) in [5, 5.41) is 7.12. The van der Waals surface area contributed by atoms with Crippen molar-refractivity contribution in [3.8, 4) is 6.01 Å². The molecule has 3 N–H and O–H groups in total. The van der Waals surface area contributed by atoms with Crippen LogP contribution in [-0.2, 0) is 11.2 Å². The summed E-state index contributed by atoms with van der Waals surface area (Å²) in [6.45, 7) is 0.597. The molecule has 0 atom stereocenters. The molecule has 0 saturated carbocycles. The van der Waals surface area contributed by atoms with Crippen molar-refractivity contribution < 1.29 is 27.8 Å². The van der Waals surface area contributed by atoms with E-state index in [4.69, 9.17) is 20.4 Å². The molecule has 1 aromatic heterocycles. The number of nitrogens with zero attached hydrogens (tertiary/aromatic N) is 2. The topological polar surface area (TPSA) is 98.3 Å². The van der Waals surface area contributed by atoms with Gasteiger partial charge in [0.2, 0.25) is 0 Å². The summed E-state index contributed by atoms with van der Waals surface area (Å²) >= 11 is 0. The molecule has 0 spiro atoms. The maximum atomic E-state index is 10.6. The highest BCUT2D eigenvalue weighted by atomic mass is 19.4. The number of nitrogens with two attached hydrogens (primary N) is 1. The van der Waals surface area contributed by atoms with Crippen LogP contribution in [0, 0.1) is 0 Å². The maximum absolute atomic E-state index is 10.6. The standard InChI is InChI=1S/C7H11N3O.C2HF3O2/c1-11-7-9-5-3-6(10-7)2-4-8;3-2(4,5)1(6)7/h3,5H,2,4,8H2,1H3;(H,6,7). The lowest BCUT2D eigenvalue weighted by atomic mass is 10.3. The third-order valence-corrected chi connectivity index (χ3v) is 1.52. The number of carboxylic acids is 1. The SMILES string of the molecule is COc1nccc(CCN)n1.O=C(O)C(F)(F)F. The van der Waals surface area contributed by atoms with Crippen LogP contribution in [0.15, 0.2) is 12.3 Å². The fraction of sp³-hybridized carbons (Fsp3) is 0.444. The summed E-state index contributed by atoms with van der Waals surface area (Å²) < 4.78 is 36.6. The van der Waals surface area contributed by atoms with Crippen molar-refractivity contribution in [1.82, 2.24) is 9.97 Å². The molecule has 0 unspecified atom stereocenters. The van der Waals surface area contributed by atoms with E-state index in [1.54, 1.807) is 13.3 Å². The van der Waals surface area contributed by atoms with Gasteiger partial charge in [-0.2, -0.15) is 13.2 Å². The first-order valence-corrected chi connectivity index (χ1v) is 4.67. The first-order valence-electron chi connectivity index (χ1n) is 4.67. The molecule has 1 rings (SSSR count). The van der Waals surface area contributed by atoms with Gasteiger partial charge in [-0.25, -0.2) is 14.8 Å². The number of carbonyl (C=O) groups is 1. The number of hydrogen-bond acceptors (Lipinski definition) is 5. The predicted octanol–water partition coefficient (Wildman–Crippen LogP) is 0.620. The van der Waals surface area contributed by atoms with E-state index in [1.807, 2.05) is 6.07 Å². The summed E-state index contributed by atoms with van der Waals surface area (Å²) in [6.07, 6.45) is -2.66. The van der Waals surface area contributed by atoms with Gasteiger partial charge in [-0.15, -0.1) is 0 Å². The van der Waals surface area contributed by atoms with E-state index in [0.717, 1.165) is 12.1 Å². The van der Waals surface area contributed by atoms with E-state index in [1.165, 1.54) is 0 Å². The summed E-state index contributed by atoms with van der Waals surface area (Å²) in [6, 6.07) is 2.23. The van der Waals surface area contributed by atoms with Gasteiger partial charge in [-0.3, -0.25) is 0 Å². The van der Waals surface area contributed by atoms with E-state index < -0.39 is 12.1 Å². The molecule has 6 nitrogen and oxygen atoms in total. The molecule has 0 bridgehead atoms. The second kappa shape index (κ2) is 7.43. The Labute approximate surface area is 101 Å². The number of halogens is 3. The van der Waals surface area contributed by atoms with Crippen LogP contribution in [0.3, 0.4) is 0 Å². The van der Waals surface area contributed by atoms with Crippen molar-refractivity contribution in [2.24, 2.45) is 5.73 Å². The molecule has 1 heterocycles. The Morgan fingerprint density at radius 2 is 2.11 bits per heavy atom. The highest BCUT2D eigenvalue weighted by Crippen LogP contribution is 2.13. The van der Waals surface area contributed by atoms with Gasteiger partial charge in [0.1, 0.15) is 0 Å². The van der Waals surface area contributed by atoms with E-state index in [2.05, 4.69) is 9.97 Å². The van der Waals surface area contributed by atoms with E-state index >= 15 is 0 Å². The maximum Gasteiger partial charge on any atom is 0.490 e. The van der Waals surface area contributed by atoms with Gasteiger partial charge in [-0.1, -0.05) is 0 Å². The smallest absolute Gasteiger partial charge is 0.475 e. The van der Waals surface area contributed by atoms with Crippen molar-refractivity contribution in [1.29, 1.82) is 0 Å². The molecule has 0 aromatic carbocycles. The van der Waals surface area contributed by atoms with Crippen molar-refractivity contribution in [2.45, 2.75) is 12.6 Å². The van der Waals surface area contributed by atoms with Crippen LogP contribution in [0.4, 0.5) is 13.2 Å². The number of rotatable bonds is 3. The molecule has 0 radical (unpaired) electrons. The zero-order valence-electron chi connectivity index (χ0n) is 9.44. The van der Waals surface area contributed by atoms with Gasteiger partial charge in [0.15, 0.2) is 0 Å². The van der Waals surface area contributed by atoms with Crippen LogP contribution in [0.2, 0.25) is 0 Å². The Bertz CT molecular complexity index is 385. The third kappa shape index (κ3) is 6.63. The first kappa shape index (κ1) is 16.1. The quantitative estimate of drug-likeness (QED) is 0.833. The Balaban J connectivity index is 0.000000360. The Morgan fingerprint density at radius 3 is 2.50 bits per heavy atom. The highest BCUT2D eigenvalue weighted by Gasteiger charge is 2.38. The lowest BCUT2D eigenvalue weighted by Gasteiger charge is -1.99. The van der Waals surface area contributed by atoms with Crippen molar-refractivity contribution >= 4 is 5.97 Å². The lowest BCUT2D eigenvalue weighted by molar-refractivity contribution is -0.192. The average Bonchev–Trinajstić information content (AvgIpc) is 2.29. The number of aliphatic carboxylic acids is 1. The average molecular weight is 267 g/mol. The van der Waals surface area contributed by atoms with Crippen LogP contribution in [-0.4, -0.2) is 40.9 Å². The molecule has 0 aliphatic carbocycles. The molecule has 0 aliphatic heterocycles. The molecular weight excluding hydrogens is 255 g/mol. The molecule has 0 aliphatic rings. The number of carboxylic acid groups (broad SMARTS) is 1. The Kier molecular flexibility index (Phi) is 6.65. The van der Waals surface area contributed by atoms with Crippen LogP contribution in [0.5, 0.6) is 6.01 Å². The van der Waals surface area contributed by atoms with Gasteiger partial charge in [0.05, 0.1) is 7.11 Å². The van der Waals surface area contributed by atoms with Crippen molar-refractivity contribution in [3.05, 3.63) is 18.0 Å². The first-order chi connectivity index (χ1) is 8.31. The van der Waals surface area contributed by atoms with E-state index in [-0.39, 0.29) is 0 Å². The lowest BCUT2D eigenvalue weighted by Crippen LogP contribution is -2.21. The highest BCUT2D eigenvalue weighted by molar-refractivity contribution is 5.73. The van der Waals surface area contributed by atoms with Crippen LogP contribution in [0.1, 0.15) is 5.69 Å². The number of hydrogen-bond donors (Lipinski definition) is 2. The minimum Gasteiger partial charge on any atom is -0.475 e. The van der Waals surface area contributed by atoms with Gasteiger partial charge >= 0.3 is 18.2 Å². The zero-order chi connectivity index (χ0) is 14.2. The fourth-order valence-corrected chi connectivity index (χ4v) is 0.762. The van der Waals surface area contributed by atoms with Crippen LogP contribution < -0.4 is 10.5 Å². The minimum atomic E-state index is -5.08. The van der Waals surface area contributed by atoms with Gasteiger partial charge in [-0.05, 0) is 12.6 Å². The summed E-state index contributed by atoms with van der Waals surface area (Å²) in [5.41, 5.74) is 6.27. The van der Waals surface area contributed by atoms with E-state index in [9.17, 15) is 13.2 Å². The number of aromatic nitrogens is 2. The zero-order valence-corrected chi connectivity index (χ0v) is 9.44. The predicted molar refractivity (Wildman–Crippen MR) is 55.0 cm³/mol. The van der Waals surface area contributed by atoms with Gasteiger partial charge < -0.3 is 15.6 Å². The second-order valence-electron chi connectivity index (χ2n) is 2.88. The number of ether oxygens (including phenoxy) is 1. The second-order valence-corrected chi connectivity index (χ2v) is 2.88. The van der Waals surface area contributed by atoms with Gasteiger partial charge in [0, 0.05) is 18.3 Å².